The third kappa shape index (κ3) is 3.87. The first-order valence-electron chi connectivity index (χ1n) is 18.3. The topological polar surface area (TPSA) is 19.6 Å². The van der Waals surface area contributed by atoms with Crippen LogP contribution in [0.2, 0.25) is 0 Å². The lowest BCUT2D eigenvalue weighted by Crippen LogP contribution is -2.62. The molecule has 0 saturated heterocycles. The molecule has 0 unspecified atom stereocenters. The van der Waals surface area contributed by atoms with Crippen molar-refractivity contribution in [2.24, 2.45) is 0 Å². The molecule has 0 N–H and O–H groups in total. The minimum Gasteiger partial charge on any atom is -0.454 e. The van der Waals surface area contributed by atoms with Crippen molar-refractivity contribution in [3.8, 4) is 22.3 Å². The van der Waals surface area contributed by atoms with Gasteiger partial charge >= 0.3 is 6.85 Å². The van der Waals surface area contributed by atoms with E-state index in [0.717, 1.165) is 27.6 Å². The summed E-state index contributed by atoms with van der Waals surface area (Å²) >= 11 is 0. The Morgan fingerprint density at radius 3 is 2.08 bits per heavy atom. The highest BCUT2D eigenvalue weighted by Crippen LogP contribution is 2.68. The smallest absolute Gasteiger partial charge is 0.333 e. The van der Waals surface area contributed by atoms with E-state index >= 15 is 0 Å². The van der Waals surface area contributed by atoms with Gasteiger partial charge in [-0.05, 0) is 105 Å². The van der Waals surface area contributed by atoms with E-state index in [2.05, 4.69) is 186 Å². The van der Waals surface area contributed by atoms with Gasteiger partial charge in [0.15, 0.2) is 5.58 Å². The van der Waals surface area contributed by atoms with Gasteiger partial charge in [0.25, 0.3) is 0 Å². The summed E-state index contributed by atoms with van der Waals surface area (Å²) in [6.07, 6.45) is 4.92. The van der Waals surface area contributed by atoms with E-state index in [1.807, 2.05) is 0 Å². The van der Waals surface area contributed by atoms with Crippen molar-refractivity contribution in [1.29, 1.82) is 0 Å². The number of fused-ring (bicyclic) bond motifs is 11. The van der Waals surface area contributed by atoms with Crippen LogP contribution in [0.15, 0.2) is 178 Å². The van der Waals surface area contributed by atoms with E-state index < -0.39 is 10.0 Å². The van der Waals surface area contributed by atoms with E-state index in [1.54, 1.807) is 0 Å². The van der Waals surface area contributed by atoms with Crippen LogP contribution in [0.3, 0.4) is 0 Å². The zero-order valence-corrected chi connectivity index (χ0v) is 30.2. The van der Waals surface area contributed by atoms with Crippen LogP contribution in [-0.4, -0.2) is 19.4 Å². The molecule has 0 aliphatic carbocycles. The SMILES string of the molecule is CS1(C)c2ccccc2N2c3c(cccc31)B1c3c(cc4c(oc5ccccc54)c32)-c2cc3ccccc3cc2N1c1ccc(-c2ccccc2)cc1. The largest absolute Gasteiger partial charge is 0.454 e. The van der Waals surface area contributed by atoms with Gasteiger partial charge < -0.3 is 14.1 Å². The normalized spacial score (nSPS) is 15.2. The minimum atomic E-state index is -1.34. The molecule has 3 aliphatic heterocycles. The summed E-state index contributed by atoms with van der Waals surface area (Å²) in [6.45, 7) is -0.0829. The molecule has 53 heavy (non-hydrogen) atoms. The molecule has 0 fully saturated rings. The van der Waals surface area contributed by atoms with Crippen molar-refractivity contribution in [2.45, 2.75) is 9.79 Å². The zero-order chi connectivity index (χ0) is 35.0. The quantitative estimate of drug-likeness (QED) is 0.168. The molecule has 8 aromatic carbocycles. The van der Waals surface area contributed by atoms with Gasteiger partial charge in [-0.3, -0.25) is 0 Å². The van der Waals surface area contributed by atoms with Gasteiger partial charge in [-0.15, -0.1) is 0 Å². The van der Waals surface area contributed by atoms with Crippen molar-refractivity contribution in [2.75, 3.05) is 22.2 Å². The average Bonchev–Trinajstić information content (AvgIpc) is 3.59. The third-order valence-corrected chi connectivity index (χ3v) is 14.7. The fourth-order valence-corrected chi connectivity index (χ4v) is 11.9. The molecule has 0 spiro atoms. The molecule has 0 radical (unpaired) electrons. The number of hydrogen-bond donors (Lipinski definition) is 0. The van der Waals surface area contributed by atoms with E-state index in [1.165, 1.54) is 76.5 Å². The second-order valence-electron chi connectivity index (χ2n) is 14.9. The van der Waals surface area contributed by atoms with Crippen molar-refractivity contribution < 1.29 is 4.42 Å². The molecule has 5 heteroatoms. The standard InChI is InChI=1S/C48H33BN2OS/c1-53(2)43-21-11-9-19-40(43)50-46-39(18-12-22-44(46)53)49-45-37(29-38-35-17-8-10-20-42(35)52-48(38)47(45)50)36-27-32-15-6-7-16-33(32)28-41(36)51(49)34-25-23-31(24-26-34)30-13-4-3-5-14-30/h3-29H,1-2H3. The highest BCUT2D eigenvalue weighted by molar-refractivity contribution is 8.33. The molecule has 3 aliphatic rings. The second-order valence-corrected chi connectivity index (χ2v) is 18.4. The number of anilines is 5. The van der Waals surface area contributed by atoms with Gasteiger partial charge in [0.2, 0.25) is 0 Å². The monoisotopic (exact) mass is 696 g/mol. The molecule has 4 heterocycles. The van der Waals surface area contributed by atoms with Gasteiger partial charge in [-0.1, -0.05) is 109 Å². The van der Waals surface area contributed by atoms with Gasteiger partial charge in [0.1, 0.15) is 5.58 Å². The summed E-state index contributed by atoms with van der Waals surface area (Å²) in [4.78, 5) is 8.01. The highest BCUT2D eigenvalue weighted by Gasteiger charge is 2.50. The second kappa shape index (κ2) is 10.5. The molecular formula is C48H33BN2OS. The Labute approximate surface area is 310 Å². The predicted molar refractivity (Wildman–Crippen MR) is 226 cm³/mol. The summed E-state index contributed by atoms with van der Waals surface area (Å²) in [7, 11) is -1.34. The number of benzene rings is 8. The average molecular weight is 697 g/mol. The van der Waals surface area contributed by atoms with Crippen LogP contribution in [-0.2, 0) is 0 Å². The van der Waals surface area contributed by atoms with E-state index in [9.17, 15) is 0 Å². The molecule has 1 aromatic heterocycles. The Bertz CT molecular complexity index is 3000. The maximum absolute atomic E-state index is 7.01. The first-order valence-corrected chi connectivity index (χ1v) is 20.7. The first kappa shape index (κ1) is 29.4. The fourth-order valence-electron chi connectivity index (χ4n) is 9.47. The first-order chi connectivity index (χ1) is 26.1. The lowest BCUT2D eigenvalue weighted by Gasteiger charge is -2.51. The van der Waals surface area contributed by atoms with Gasteiger partial charge in [-0.25, -0.2) is 0 Å². The molecule has 0 atom stereocenters. The van der Waals surface area contributed by atoms with Crippen LogP contribution in [0.4, 0.5) is 28.4 Å². The van der Waals surface area contributed by atoms with Crippen molar-refractivity contribution >= 4 is 88.9 Å². The highest BCUT2D eigenvalue weighted by atomic mass is 32.3. The Morgan fingerprint density at radius 1 is 0.528 bits per heavy atom. The zero-order valence-electron chi connectivity index (χ0n) is 29.4. The van der Waals surface area contributed by atoms with Crippen LogP contribution in [0.25, 0.3) is 55.0 Å². The number of rotatable bonds is 2. The Hall–Kier alpha value is -6.17. The number of furan rings is 1. The van der Waals surface area contributed by atoms with Crippen molar-refractivity contribution in [1.82, 2.24) is 0 Å². The molecule has 250 valence electrons. The lowest BCUT2D eigenvalue weighted by atomic mass is 9.43. The predicted octanol–water partition coefficient (Wildman–Crippen LogP) is 11.9. The van der Waals surface area contributed by atoms with Gasteiger partial charge in [0, 0.05) is 37.5 Å². The number of hydrogen-bond acceptors (Lipinski definition) is 3. The number of para-hydroxylation sites is 3. The van der Waals surface area contributed by atoms with Gasteiger partial charge in [0.05, 0.1) is 17.1 Å². The van der Waals surface area contributed by atoms with E-state index in [0.29, 0.717) is 0 Å². The number of nitrogens with zero attached hydrogens (tertiary/aromatic N) is 2. The van der Waals surface area contributed by atoms with Crippen molar-refractivity contribution in [3.63, 3.8) is 0 Å². The third-order valence-electron chi connectivity index (χ3n) is 11.9. The fraction of sp³-hybridized carbons (Fsp3) is 0.0417. The molecular weight excluding hydrogens is 663 g/mol. The maximum Gasteiger partial charge on any atom is 0.333 e. The van der Waals surface area contributed by atoms with E-state index in [4.69, 9.17) is 4.42 Å². The van der Waals surface area contributed by atoms with Crippen LogP contribution in [0.5, 0.6) is 0 Å². The summed E-state index contributed by atoms with van der Waals surface area (Å²) in [5.74, 6) is 0. The van der Waals surface area contributed by atoms with Crippen LogP contribution >= 0.6 is 10.0 Å². The Morgan fingerprint density at radius 2 is 1.23 bits per heavy atom. The van der Waals surface area contributed by atoms with Gasteiger partial charge in [-0.2, -0.15) is 10.0 Å². The Kier molecular flexibility index (Phi) is 5.81. The molecule has 0 saturated carbocycles. The molecule has 3 nitrogen and oxygen atoms in total. The molecule has 9 aromatic rings. The summed E-state index contributed by atoms with van der Waals surface area (Å²) in [5, 5.41) is 4.78. The molecule has 0 bridgehead atoms. The van der Waals surface area contributed by atoms with E-state index in [-0.39, 0.29) is 6.85 Å². The van der Waals surface area contributed by atoms with Crippen LogP contribution in [0.1, 0.15) is 0 Å². The maximum atomic E-state index is 7.01. The van der Waals surface area contributed by atoms with Crippen molar-refractivity contribution in [3.05, 3.63) is 164 Å². The molecule has 0 amide bonds. The van der Waals surface area contributed by atoms with Crippen LogP contribution < -0.4 is 20.6 Å². The lowest BCUT2D eigenvalue weighted by molar-refractivity contribution is 0.669. The minimum absolute atomic E-state index is 0.0829. The summed E-state index contributed by atoms with van der Waals surface area (Å²) in [6, 6.07) is 60.6. The summed E-state index contributed by atoms with van der Waals surface area (Å²) < 4.78 is 7.01. The molecule has 12 rings (SSSR count). The van der Waals surface area contributed by atoms with Crippen LogP contribution in [0, 0.1) is 0 Å². The Balaban J connectivity index is 1.25. The summed E-state index contributed by atoms with van der Waals surface area (Å²) in [5.41, 5.74) is 15.5.